The Kier molecular flexibility index (Phi) is 4.17. The highest BCUT2D eigenvalue weighted by atomic mass is 16.5. The Hall–Kier alpha value is -2.09. The van der Waals surface area contributed by atoms with Gasteiger partial charge < -0.3 is 4.74 Å². The Balaban J connectivity index is 2.19. The number of carbonyl (C=O) groups excluding carboxylic acids is 1. The molecule has 0 aliphatic carbocycles. The van der Waals surface area contributed by atoms with Gasteiger partial charge in [0, 0.05) is 0 Å². The molecule has 0 atom stereocenters. The van der Waals surface area contributed by atoms with Crippen LogP contribution in [0, 0.1) is 13.8 Å². The lowest BCUT2D eigenvalue weighted by atomic mass is 9.87. The van der Waals surface area contributed by atoms with Crippen LogP contribution in [-0.4, -0.2) is 5.97 Å². The maximum atomic E-state index is 12.2. The molecule has 2 rings (SSSR count). The predicted molar refractivity (Wildman–Crippen MR) is 86.0 cm³/mol. The molecule has 110 valence electrons. The molecule has 2 heteroatoms. The molecule has 0 spiro atoms. The van der Waals surface area contributed by atoms with E-state index in [1.807, 2.05) is 56.3 Å². The predicted octanol–water partition coefficient (Wildman–Crippen LogP) is 4.82. The summed E-state index contributed by atoms with van der Waals surface area (Å²) in [4.78, 5) is 12.2. The molecule has 21 heavy (non-hydrogen) atoms. The van der Waals surface area contributed by atoms with E-state index >= 15 is 0 Å². The maximum absolute atomic E-state index is 12.2. The summed E-state index contributed by atoms with van der Waals surface area (Å²) >= 11 is 0. The van der Waals surface area contributed by atoms with E-state index in [9.17, 15) is 4.79 Å². The number of ether oxygens (including phenoxy) is 1. The first-order chi connectivity index (χ1) is 9.77. The molecule has 2 nitrogen and oxygen atoms in total. The van der Waals surface area contributed by atoms with Gasteiger partial charge in [0.2, 0.25) is 0 Å². The first kappa shape index (κ1) is 15.3. The topological polar surface area (TPSA) is 26.3 Å². The van der Waals surface area contributed by atoms with E-state index in [1.54, 1.807) is 0 Å². The number of carbonyl (C=O) groups is 1. The minimum absolute atomic E-state index is 0.0789. The number of benzene rings is 2. The van der Waals surface area contributed by atoms with Crippen LogP contribution in [0.5, 0.6) is 5.75 Å². The van der Waals surface area contributed by atoms with Crippen LogP contribution >= 0.6 is 0 Å². The summed E-state index contributed by atoms with van der Waals surface area (Å²) in [5.41, 5.74) is 3.89. The molecule has 0 heterocycles. The molecule has 0 aliphatic heterocycles. The fourth-order valence-corrected chi connectivity index (χ4v) is 2.08. The van der Waals surface area contributed by atoms with E-state index in [-0.39, 0.29) is 11.4 Å². The van der Waals surface area contributed by atoms with Crippen molar-refractivity contribution in [2.75, 3.05) is 0 Å². The highest BCUT2D eigenvalue weighted by Crippen LogP contribution is 2.24. The third-order valence-electron chi connectivity index (χ3n) is 3.53. The molecule has 0 aliphatic rings. The molecule has 0 N–H and O–H groups in total. The minimum Gasteiger partial charge on any atom is -0.423 e. The average molecular weight is 282 g/mol. The smallest absolute Gasteiger partial charge is 0.343 e. The molecule has 0 amide bonds. The lowest BCUT2D eigenvalue weighted by molar-refractivity contribution is 0.0733. The van der Waals surface area contributed by atoms with Gasteiger partial charge in [-0.1, -0.05) is 45.0 Å². The SMILES string of the molecule is Cc1ccc(C)c(OC(=O)c2ccc(C(C)(C)C)cc2)c1. The van der Waals surface area contributed by atoms with E-state index in [4.69, 9.17) is 4.74 Å². The van der Waals surface area contributed by atoms with Gasteiger partial charge in [-0.2, -0.15) is 0 Å². The summed E-state index contributed by atoms with van der Waals surface area (Å²) in [6, 6.07) is 13.5. The summed E-state index contributed by atoms with van der Waals surface area (Å²) in [6.45, 7) is 10.4. The third-order valence-corrected chi connectivity index (χ3v) is 3.53. The Bertz CT molecular complexity index is 646. The van der Waals surface area contributed by atoms with E-state index in [1.165, 1.54) is 5.56 Å². The van der Waals surface area contributed by atoms with Crippen molar-refractivity contribution in [3.8, 4) is 5.75 Å². The Morgan fingerprint density at radius 3 is 2.14 bits per heavy atom. The maximum Gasteiger partial charge on any atom is 0.343 e. The molecule has 2 aromatic carbocycles. The molecule has 0 radical (unpaired) electrons. The Morgan fingerprint density at radius 1 is 0.952 bits per heavy atom. The highest BCUT2D eigenvalue weighted by Gasteiger charge is 2.15. The molecule has 0 fully saturated rings. The average Bonchev–Trinajstić information content (AvgIpc) is 2.42. The van der Waals surface area contributed by atoms with Crippen molar-refractivity contribution in [3.63, 3.8) is 0 Å². The molecule has 0 aromatic heterocycles. The number of esters is 1. The summed E-state index contributed by atoms with van der Waals surface area (Å²) in [7, 11) is 0. The molecular formula is C19H22O2. The molecule has 0 bridgehead atoms. The Labute approximate surface area is 126 Å². The second-order valence-electron chi connectivity index (χ2n) is 6.49. The van der Waals surface area contributed by atoms with Crippen molar-refractivity contribution in [2.45, 2.75) is 40.0 Å². The quantitative estimate of drug-likeness (QED) is 0.583. The van der Waals surface area contributed by atoms with Crippen molar-refractivity contribution in [1.82, 2.24) is 0 Å². The van der Waals surface area contributed by atoms with Crippen LogP contribution in [0.4, 0.5) is 0 Å². The standard InChI is InChI=1S/C19H22O2/c1-13-6-7-14(2)17(12-13)21-18(20)15-8-10-16(11-9-15)19(3,4)5/h6-12H,1-5H3. The first-order valence-corrected chi connectivity index (χ1v) is 7.17. The monoisotopic (exact) mass is 282 g/mol. The number of hydrogen-bond donors (Lipinski definition) is 0. The number of hydrogen-bond acceptors (Lipinski definition) is 2. The van der Waals surface area contributed by atoms with Crippen LogP contribution in [0.1, 0.15) is 47.8 Å². The van der Waals surface area contributed by atoms with Crippen LogP contribution in [0.2, 0.25) is 0 Å². The largest absolute Gasteiger partial charge is 0.423 e. The van der Waals surface area contributed by atoms with Crippen LogP contribution in [-0.2, 0) is 5.41 Å². The van der Waals surface area contributed by atoms with Crippen LogP contribution in [0.3, 0.4) is 0 Å². The van der Waals surface area contributed by atoms with Crippen molar-refractivity contribution in [2.24, 2.45) is 0 Å². The van der Waals surface area contributed by atoms with Crippen molar-refractivity contribution in [3.05, 3.63) is 64.7 Å². The molecule has 2 aromatic rings. The van der Waals surface area contributed by atoms with Crippen LogP contribution < -0.4 is 4.74 Å². The van der Waals surface area contributed by atoms with Gasteiger partial charge in [0.25, 0.3) is 0 Å². The van der Waals surface area contributed by atoms with Gasteiger partial charge in [0.15, 0.2) is 0 Å². The minimum atomic E-state index is -0.316. The lowest BCUT2D eigenvalue weighted by Gasteiger charge is -2.19. The number of rotatable bonds is 2. The summed E-state index contributed by atoms with van der Waals surface area (Å²) in [5, 5.41) is 0. The third kappa shape index (κ3) is 3.72. The van der Waals surface area contributed by atoms with Gasteiger partial charge in [-0.3, -0.25) is 0 Å². The van der Waals surface area contributed by atoms with Crippen LogP contribution in [0.25, 0.3) is 0 Å². The summed E-state index contributed by atoms with van der Waals surface area (Å²) < 4.78 is 5.50. The van der Waals surface area contributed by atoms with Gasteiger partial charge in [0.05, 0.1) is 5.56 Å². The van der Waals surface area contributed by atoms with Crippen molar-refractivity contribution in [1.29, 1.82) is 0 Å². The fraction of sp³-hybridized carbons (Fsp3) is 0.316. The van der Waals surface area contributed by atoms with Crippen LogP contribution in [0.15, 0.2) is 42.5 Å². The molecule has 0 saturated heterocycles. The van der Waals surface area contributed by atoms with Gasteiger partial charge in [-0.15, -0.1) is 0 Å². The van der Waals surface area contributed by atoms with Gasteiger partial charge in [-0.25, -0.2) is 4.79 Å². The van der Waals surface area contributed by atoms with Gasteiger partial charge in [0.1, 0.15) is 5.75 Å². The van der Waals surface area contributed by atoms with E-state index < -0.39 is 0 Å². The lowest BCUT2D eigenvalue weighted by Crippen LogP contribution is -2.13. The second-order valence-corrected chi connectivity index (χ2v) is 6.49. The number of aryl methyl sites for hydroxylation is 2. The summed E-state index contributed by atoms with van der Waals surface area (Å²) in [6.07, 6.45) is 0. The van der Waals surface area contributed by atoms with Crippen molar-refractivity contribution >= 4 is 5.97 Å². The van der Waals surface area contributed by atoms with E-state index in [2.05, 4.69) is 20.8 Å². The molecular weight excluding hydrogens is 260 g/mol. The van der Waals surface area contributed by atoms with E-state index in [0.717, 1.165) is 11.1 Å². The van der Waals surface area contributed by atoms with Gasteiger partial charge >= 0.3 is 5.97 Å². The van der Waals surface area contributed by atoms with Crippen molar-refractivity contribution < 1.29 is 9.53 Å². The fourth-order valence-electron chi connectivity index (χ4n) is 2.08. The molecule has 0 saturated carbocycles. The summed E-state index contributed by atoms with van der Waals surface area (Å²) in [5.74, 6) is 0.309. The zero-order valence-corrected chi connectivity index (χ0v) is 13.4. The Morgan fingerprint density at radius 2 is 1.57 bits per heavy atom. The van der Waals surface area contributed by atoms with E-state index in [0.29, 0.717) is 11.3 Å². The van der Waals surface area contributed by atoms with Gasteiger partial charge in [-0.05, 0) is 54.2 Å². The zero-order valence-electron chi connectivity index (χ0n) is 13.4. The highest BCUT2D eigenvalue weighted by molar-refractivity contribution is 5.91. The molecule has 0 unspecified atom stereocenters. The second kappa shape index (κ2) is 5.72. The first-order valence-electron chi connectivity index (χ1n) is 7.17. The zero-order chi connectivity index (χ0) is 15.6. The normalized spacial score (nSPS) is 11.3.